The molecule has 45 heavy (non-hydrogen) atoms. The first-order chi connectivity index (χ1) is 21.7. The van der Waals surface area contributed by atoms with Gasteiger partial charge in [-0.2, -0.15) is 0 Å². The Balaban J connectivity index is 1.29. The lowest BCUT2D eigenvalue weighted by atomic mass is 9.96. The zero-order valence-corrected chi connectivity index (χ0v) is 27.8. The Kier molecular flexibility index (Phi) is 9.90. The van der Waals surface area contributed by atoms with E-state index in [0.717, 1.165) is 33.1 Å². The Bertz CT molecular complexity index is 1760. The largest absolute Gasteiger partial charge is 0.493 e. The molecule has 0 saturated heterocycles. The van der Waals surface area contributed by atoms with E-state index in [9.17, 15) is 4.79 Å². The minimum absolute atomic E-state index is 0.0627. The number of carbonyl (C=O) groups excluding carboxylic acids is 1. The Morgan fingerprint density at radius 3 is 2.27 bits per heavy atom. The minimum Gasteiger partial charge on any atom is -0.493 e. The Hall–Kier alpha value is -4.61. The van der Waals surface area contributed by atoms with Gasteiger partial charge in [0.25, 0.3) is 0 Å². The molecule has 4 N–H and O–H groups in total. The molecule has 0 radical (unpaired) electrons. The van der Waals surface area contributed by atoms with Crippen LogP contribution in [0.4, 0.5) is 22.3 Å². The molecule has 1 amide bonds. The van der Waals surface area contributed by atoms with Gasteiger partial charge in [0.15, 0.2) is 16.6 Å². The molecule has 0 aliphatic rings. The lowest BCUT2D eigenvalue weighted by Gasteiger charge is -2.14. The molecule has 234 valence electrons. The van der Waals surface area contributed by atoms with Gasteiger partial charge >= 0.3 is 0 Å². The smallest absolute Gasteiger partial charge is 0.231 e. The Labute approximate surface area is 271 Å². The molecule has 1 unspecified atom stereocenters. The maximum atomic E-state index is 13.1. The summed E-state index contributed by atoms with van der Waals surface area (Å²) in [6, 6.07) is 19.6. The van der Waals surface area contributed by atoms with E-state index in [0.29, 0.717) is 45.5 Å². The normalized spacial score (nSPS) is 11.7. The van der Waals surface area contributed by atoms with Crippen molar-refractivity contribution in [1.82, 2.24) is 9.97 Å². The second-order valence-corrected chi connectivity index (χ2v) is 12.8. The van der Waals surface area contributed by atoms with Crippen molar-refractivity contribution in [2.75, 3.05) is 37.7 Å². The third-order valence-corrected chi connectivity index (χ3v) is 9.19. The molecule has 0 saturated carbocycles. The number of hydrogen-bond donors (Lipinski definition) is 3. The Morgan fingerprint density at radius 2 is 1.62 bits per heavy atom. The van der Waals surface area contributed by atoms with E-state index < -0.39 is 0 Å². The highest BCUT2D eigenvalue weighted by atomic mass is 32.1. The summed E-state index contributed by atoms with van der Waals surface area (Å²) in [6.45, 7) is 6.33. The maximum absolute atomic E-state index is 13.1. The second kappa shape index (κ2) is 14.0. The van der Waals surface area contributed by atoms with Gasteiger partial charge in [-0.25, -0.2) is 9.97 Å². The summed E-state index contributed by atoms with van der Waals surface area (Å²) < 4.78 is 16.3. The number of rotatable bonds is 12. The number of nitrogen functional groups attached to an aromatic ring is 1. The van der Waals surface area contributed by atoms with Gasteiger partial charge in [-0.3, -0.25) is 4.79 Å². The quantitative estimate of drug-likeness (QED) is 0.124. The molecule has 3 aromatic carbocycles. The van der Waals surface area contributed by atoms with Gasteiger partial charge in [-0.15, -0.1) is 11.3 Å². The SMILES string of the molecule is COc1cc(Nc2nc(N)c(-c3nc(-c4cccc(NC(=O)C(C)c5ccc(CC(C)C)cc5)c4)cs3)s2)cc(OC)c1OC. The summed E-state index contributed by atoms with van der Waals surface area (Å²) in [5.41, 5.74) is 11.7. The number of benzene rings is 3. The topological polar surface area (TPSA) is 121 Å². The summed E-state index contributed by atoms with van der Waals surface area (Å²) in [6.07, 6.45) is 1.02. The first-order valence-electron chi connectivity index (χ1n) is 14.5. The van der Waals surface area contributed by atoms with Crippen LogP contribution in [0.3, 0.4) is 0 Å². The fourth-order valence-corrected chi connectivity index (χ4v) is 6.73. The van der Waals surface area contributed by atoms with Crippen LogP contribution in [0.15, 0.2) is 66.0 Å². The lowest BCUT2D eigenvalue weighted by molar-refractivity contribution is -0.117. The van der Waals surface area contributed by atoms with Crippen LogP contribution in [0.25, 0.3) is 21.1 Å². The molecule has 5 aromatic rings. The molecule has 0 aliphatic carbocycles. The number of nitrogens with two attached hydrogens (primary N) is 1. The molecule has 11 heteroatoms. The van der Waals surface area contributed by atoms with E-state index in [1.54, 1.807) is 33.5 Å². The molecule has 0 bridgehead atoms. The number of amides is 1. The highest BCUT2D eigenvalue weighted by Crippen LogP contribution is 2.43. The maximum Gasteiger partial charge on any atom is 0.231 e. The van der Waals surface area contributed by atoms with Crippen LogP contribution >= 0.6 is 22.7 Å². The molecule has 9 nitrogen and oxygen atoms in total. The fraction of sp³-hybridized carbons (Fsp3) is 0.265. The van der Waals surface area contributed by atoms with E-state index in [2.05, 4.69) is 41.6 Å². The van der Waals surface area contributed by atoms with E-state index in [-0.39, 0.29) is 11.8 Å². The highest BCUT2D eigenvalue weighted by Gasteiger charge is 2.19. The van der Waals surface area contributed by atoms with Crippen molar-refractivity contribution in [2.24, 2.45) is 5.92 Å². The number of thiazole rings is 2. The molecule has 1 atom stereocenters. The predicted molar refractivity (Wildman–Crippen MR) is 184 cm³/mol. The second-order valence-electron chi connectivity index (χ2n) is 10.9. The summed E-state index contributed by atoms with van der Waals surface area (Å²) in [5.74, 6) is 2.17. The van der Waals surface area contributed by atoms with E-state index in [1.165, 1.54) is 28.2 Å². The van der Waals surface area contributed by atoms with Crippen LogP contribution in [0.1, 0.15) is 37.8 Å². The van der Waals surface area contributed by atoms with Crippen molar-refractivity contribution < 1.29 is 19.0 Å². The van der Waals surface area contributed by atoms with Crippen LogP contribution in [0.5, 0.6) is 17.2 Å². The molecular formula is C34H37N5O4S2. The molecule has 5 rings (SSSR count). The molecule has 2 aromatic heterocycles. The first kappa shape index (κ1) is 31.8. The summed E-state index contributed by atoms with van der Waals surface area (Å²) in [7, 11) is 4.70. The molecule has 0 spiro atoms. The fourth-order valence-electron chi connectivity index (χ4n) is 4.90. The standard InChI is InChI=1S/C34H37N5O4S2/c1-19(2)14-21-10-12-22(13-11-21)20(3)32(40)36-24-9-7-8-23(15-24)26-18-44-33(38-26)30-31(35)39-34(45-30)37-25-16-27(41-4)29(43-6)28(17-25)42-5/h7-13,15-20H,14,35H2,1-6H3,(H,36,40)(H,37,39). The third kappa shape index (κ3) is 7.38. The van der Waals surface area contributed by atoms with Gasteiger partial charge in [0.1, 0.15) is 15.7 Å². The van der Waals surface area contributed by atoms with Crippen molar-refractivity contribution in [3.05, 3.63) is 77.2 Å². The van der Waals surface area contributed by atoms with E-state index in [4.69, 9.17) is 24.9 Å². The molecular weight excluding hydrogens is 607 g/mol. The van der Waals surface area contributed by atoms with Crippen molar-refractivity contribution >= 4 is 50.9 Å². The average molecular weight is 644 g/mol. The first-order valence-corrected chi connectivity index (χ1v) is 16.2. The molecule has 2 heterocycles. The minimum atomic E-state index is -0.287. The third-order valence-electron chi connectivity index (χ3n) is 7.21. The van der Waals surface area contributed by atoms with Gasteiger partial charge in [-0.05, 0) is 42.5 Å². The van der Waals surface area contributed by atoms with Crippen LogP contribution < -0.4 is 30.6 Å². The number of nitrogens with zero attached hydrogens (tertiary/aromatic N) is 2. The van der Waals surface area contributed by atoms with Crippen molar-refractivity contribution in [3.8, 4) is 38.4 Å². The number of anilines is 4. The van der Waals surface area contributed by atoms with Gasteiger partial charge in [-0.1, -0.05) is 61.6 Å². The number of methoxy groups -OCH3 is 3. The van der Waals surface area contributed by atoms with Gasteiger partial charge in [0.05, 0.1) is 32.9 Å². The average Bonchev–Trinajstić information content (AvgIpc) is 3.66. The van der Waals surface area contributed by atoms with E-state index in [1.807, 2.05) is 48.7 Å². The predicted octanol–water partition coefficient (Wildman–Crippen LogP) is 8.23. The number of aromatic nitrogens is 2. The van der Waals surface area contributed by atoms with Crippen molar-refractivity contribution in [1.29, 1.82) is 0 Å². The van der Waals surface area contributed by atoms with Crippen molar-refractivity contribution in [2.45, 2.75) is 33.1 Å². The lowest BCUT2D eigenvalue weighted by Crippen LogP contribution is -2.18. The molecule has 0 aliphatic heterocycles. The Morgan fingerprint density at radius 1 is 0.911 bits per heavy atom. The van der Waals surface area contributed by atoms with E-state index >= 15 is 0 Å². The number of hydrogen-bond acceptors (Lipinski definition) is 10. The van der Waals surface area contributed by atoms with Crippen LogP contribution in [-0.4, -0.2) is 37.2 Å². The summed E-state index contributed by atoms with van der Waals surface area (Å²) in [5, 5.41) is 9.67. The monoisotopic (exact) mass is 643 g/mol. The number of nitrogens with one attached hydrogen (secondary N) is 2. The zero-order valence-electron chi connectivity index (χ0n) is 26.1. The summed E-state index contributed by atoms with van der Waals surface area (Å²) >= 11 is 2.88. The van der Waals surface area contributed by atoms with Gasteiger partial charge in [0, 0.05) is 34.5 Å². The van der Waals surface area contributed by atoms with Crippen LogP contribution in [-0.2, 0) is 11.2 Å². The van der Waals surface area contributed by atoms with Crippen molar-refractivity contribution in [3.63, 3.8) is 0 Å². The van der Waals surface area contributed by atoms with Gasteiger partial charge in [0.2, 0.25) is 11.7 Å². The van der Waals surface area contributed by atoms with Crippen LogP contribution in [0.2, 0.25) is 0 Å². The van der Waals surface area contributed by atoms with Crippen LogP contribution in [0, 0.1) is 5.92 Å². The number of carbonyl (C=O) groups is 1. The zero-order chi connectivity index (χ0) is 32.1. The molecule has 0 fully saturated rings. The van der Waals surface area contributed by atoms with Gasteiger partial charge < -0.3 is 30.6 Å². The summed E-state index contributed by atoms with van der Waals surface area (Å²) in [4.78, 5) is 23.2. The number of ether oxygens (including phenoxy) is 3. The highest BCUT2D eigenvalue weighted by molar-refractivity contribution is 7.23.